The van der Waals surface area contributed by atoms with Gasteiger partial charge in [0.15, 0.2) is 11.5 Å². The van der Waals surface area contributed by atoms with Gasteiger partial charge in [-0.15, -0.1) is 5.10 Å². The van der Waals surface area contributed by atoms with Gasteiger partial charge < -0.3 is 16.3 Å². The molecule has 1 amide bonds. The van der Waals surface area contributed by atoms with E-state index in [1.54, 1.807) is 0 Å². The maximum atomic E-state index is 11.9. The van der Waals surface area contributed by atoms with Crippen LogP contribution in [-0.4, -0.2) is 32.1 Å². The first-order valence-corrected chi connectivity index (χ1v) is 6.00. The average molecular weight is 257 g/mol. The van der Waals surface area contributed by atoms with E-state index in [1.807, 2.05) is 13.8 Å². The van der Waals surface area contributed by atoms with E-state index < -0.39 is 5.54 Å². The number of nitrogens with one attached hydrogen (secondary N) is 1. The molecule has 0 bridgehead atoms. The number of carbonyl (C=O) groups excluding carboxylic acids is 1. The normalized spacial score (nSPS) is 12.5. The van der Waals surface area contributed by atoms with Crippen LogP contribution >= 0.6 is 11.5 Å². The van der Waals surface area contributed by atoms with Gasteiger partial charge in [-0.3, -0.25) is 4.79 Å². The van der Waals surface area contributed by atoms with Gasteiger partial charge in [-0.1, -0.05) is 23.5 Å². The summed E-state index contributed by atoms with van der Waals surface area (Å²) in [5, 5.41) is 19.7. The fourth-order valence-corrected chi connectivity index (χ4v) is 1.93. The Balaban J connectivity index is 2.91. The molecule has 0 saturated heterocycles. The van der Waals surface area contributed by atoms with Crippen LogP contribution in [0.4, 0.5) is 0 Å². The van der Waals surface area contributed by atoms with Gasteiger partial charge in [0.25, 0.3) is 5.91 Å². The second-order valence-corrected chi connectivity index (χ2v) is 4.13. The molecule has 0 aliphatic carbocycles. The van der Waals surface area contributed by atoms with Crippen molar-refractivity contribution in [3.05, 3.63) is 11.1 Å². The molecule has 17 heavy (non-hydrogen) atoms. The van der Waals surface area contributed by atoms with Crippen molar-refractivity contribution in [3.8, 4) is 0 Å². The van der Waals surface area contributed by atoms with E-state index in [0.717, 1.165) is 11.5 Å². The predicted octanol–water partition coefficient (Wildman–Crippen LogP) is 0.573. The third-order valence-electron chi connectivity index (χ3n) is 2.75. The Morgan fingerprint density at radius 1 is 1.65 bits per heavy atom. The first-order chi connectivity index (χ1) is 8.09. The highest BCUT2D eigenvalue weighted by molar-refractivity contribution is 7.03. The van der Waals surface area contributed by atoms with Crippen LogP contribution in [0.2, 0.25) is 0 Å². The third-order valence-corrected chi connectivity index (χ3v) is 3.26. The highest BCUT2D eigenvalue weighted by Gasteiger charge is 2.34. The van der Waals surface area contributed by atoms with Crippen molar-refractivity contribution in [2.24, 2.45) is 10.9 Å². The number of hydrogen-bond donors (Lipinski definition) is 3. The highest BCUT2D eigenvalue weighted by Crippen LogP contribution is 2.16. The van der Waals surface area contributed by atoms with E-state index >= 15 is 0 Å². The summed E-state index contributed by atoms with van der Waals surface area (Å²) < 4.78 is 3.61. The molecular weight excluding hydrogens is 242 g/mol. The van der Waals surface area contributed by atoms with Gasteiger partial charge in [0.05, 0.1) is 0 Å². The Morgan fingerprint density at radius 2 is 2.29 bits per heavy atom. The number of amides is 1. The SMILES string of the molecule is CCC(CC)(NC(=O)c1csnn1)C(N)=NO. The molecule has 1 aromatic heterocycles. The molecule has 0 aliphatic rings. The average Bonchev–Trinajstić information content (AvgIpc) is 2.88. The lowest BCUT2D eigenvalue weighted by atomic mass is 9.91. The summed E-state index contributed by atoms with van der Waals surface area (Å²) >= 11 is 1.09. The molecule has 0 aliphatic heterocycles. The molecule has 7 nitrogen and oxygen atoms in total. The summed E-state index contributed by atoms with van der Waals surface area (Å²) in [6, 6.07) is 0. The zero-order chi connectivity index (χ0) is 12.9. The summed E-state index contributed by atoms with van der Waals surface area (Å²) in [4.78, 5) is 11.9. The highest BCUT2D eigenvalue weighted by atomic mass is 32.1. The third kappa shape index (κ3) is 2.70. The van der Waals surface area contributed by atoms with E-state index in [-0.39, 0.29) is 17.4 Å². The van der Waals surface area contributed by atoms with Crippen molar-refractivity contribution in [3.63, 3.8) is 0 Å². The second kappa shape index (κ2) is 5.58. The molecule has 0 unspecified atom stereocenters. The fourth-order valence-electron chi connectivity index (χ4n) is 1.49. The van der Waals surface area contributed by atoms with Gasteiger partial charge in [-0.05, 0) is 24.4 Å². The van der Waals surface area contributed by atoms with Crippen LogP contribution in [0, 0.1) is 0 Å². The Kier molecular flexibility index (Phi) is 4.38. The van der Waals surface area contributed by atoms with Crippen LogP contribution in [0.5, 0.6) is 0 Å². The van der Waals surface area contributed by atoms with Crippen LogP contribution in [0.1, 0.15) is 37.2 Å². The lowest BCUT2D eigenvalue weighted by Gasteiger charge is -2.30. The number of rotatable bonds is 5. The Hall–Kier alpha value is -1.70. The van der Waals surface area contributed by atoms with Gasteiger partial charge >= 0.3 is 0 Å². The van der Waals surface area contributed by atoms with Crippen LogP contribution in [0.25, 0.3) is 0 Å². The van der Waals surface area contributed by atoms with Crippen LogP contribution in [-0.2, 0) is 0 Å². The second-order valence-electron chi connectivity index (χ2n) is 3.52. The van der Waals surface area contributed by atoms with Crippen molar-refractivity contribution in [2.75, 3.05) is 0 Å². The molecule has 4 N–H and O–H groups in total. The minimum absolute atomic E-state index is 0.0148. The monoisotopic (exact) mass is 257 g/mol. The van der Waals surface area contributed by atoms with Crippen LogP contribution < -0.4 is 11.1 Å². The molecule has 0 atom stereocenters. The number of carbonyl (C=O) groups is 1. The fraction of sp³-hybridized carbons (Fsp3) is 0.556. The van der Waals surface area contributed by atoms with Gasteiger partial charge in [-0.2, -0.15) is 0 Å². The quantitative estimate of drug-likeness (QED) is 0.309. The van der Waals surface area contributed by atoms with Crippen molar-refractivity contribution in [1.29, 1.82) is 0 Å². The zero-order valence-corrected chi connectivity index (χ0v) is 10.5. The topological polar surface area (TPSA) is 113 Å². The molecule has 0 radical (unpaired) electrons. The zero-order valence-electron chi connectivity index (χ0n) is 9.67. The standard InChI is InChI=1S/C9H15N5O2S/c1-3-9(4-2,8(10)13-16)11-7(15)6-5-17-14-12-6/h5,16H,3-4H2,1-2H3,(H2,10,13)(H,11,15). The smallest absolute Gasteiger partial charge is 0.273 e. The Morgan fingerprint density at radius 3 is 2.71 bits per heavy atom. The molecule has 0 saturated carbocycles. The molecule has 0 spiro atoms. The molecule has 8 heteroatoms. The van der Waals surface area contributed by atoms with Crippen LogP contribution in [0.3, 0.4) is 0 Å². The lowest BCUT2D eigenvalue weighted by Crippen LogP contribution is -2.56. The summed E-state index contributed by atoms with van der Waals surface area (Å²) in [6.45, 7) is 3.70. The van der Waals surface area contributed by atoms with Gasteiger partial charge in [0, 0.05) is 5.38 Å². The first kappa shape index (κ1) is 13.4. The minimum Gasteiger partial charge on any atom is -0.409 e. The van der Waals surface area contributed by atoms with Crippen molar-refractivity contribution in [2.45, 2.75) is 32.2 Å². The largest absolute Gasteiger partial charge is 0.409 e. The number of nitrogens with two attached hydrogens (primary N) is 1. The van der Waals surface area contributed by atoms with Gasteiger partial charge in [-0.25, -0.2) is 0 Å². The predicted molar refractivity (Wildman–Crippen MR) is 64.1 cm³/mol. The van der Waals surface area contributed by atoms with E-state index in [1.165, 1.54) is 5.38 Å². The Bertz CT molecular complexity index is 400. The number of hydrogen-bond acceptors (Lipinski definition) is 6. The molecule has 0 aromatic carbocycles. The van der Waals surface area contributed by atoms with E-state index in [4.69, 9.17) is 10.9 Å². The number of nitrogens with zero attached hydrogens (tertiary/aromatic N) is 3. The van der Waals surface area contributed by atoms with E-state index in [2.05, 4.69) is 20.1 Å². The van der Waals surface area contributed by atoms with Gasteiger partial charge in [0.2, 0.25) is 0 Å². The maximum absolute atomic E-state index is 11.9. The van der Waals surface area contributed by atoms with Crippen molar-refractivity contribution < 1.29 is 10.0 Å². The van der Waals surface area contributed by atoms with Crippen LogP contribution in [0.15, 0.2) is 10.5 Å². The number of amidine groups is 1. The maximum Gasteiger partial charge on any atom is 0.273 e. The molecule has 1 heterocycles. The molecular formula is C9H15N5O2S. The summed E-state index contributed by atoms with van der Waals surface area (Å²) in [7, 11) is 0. The van der Waals surface area contributed by atoms with Crippen molar-refractivity contribution in [1.82, 2.24) is 14.9 Å². The molecule has 1 aromatic rings. The number of aromatic nitrogens is 2. The first-order valence-electron chi connectivity index (χ1n) is 5.17. The van der Waals surface area contributed by atoms with E-state index in [9.17, 15) is 4.79 Å². The minimum atomic E-state index is -0.852. The molecule has 94 valence electrons. The molecule has 1 rings (SSSR count). The van der Waals surface area contributed by atoms with Gasteiger partial charge in [0.1, 0.15) is 5.54 Å². The summed E-state index contributed by atoms with van der Waals surface area (Å²) in [5.74, 6) is -0.395. The van der Waals surface area contributed by atoms with E-state index in [0.29, 0.717) is 12.8 Å². The lowest BCUT2D eigenvalue weighted by molar-refractivity contribution is 0.0912. The summed E-state index contributed by atoms with van der Waals surface area (Å²) in [5.41, 5.74) is 5.00. The number of oxime groups is 1. The van der Waals surface area contributed by atoms with Crippen molar-refractivity contribution >= 4 is 23.3 Å². The Labute approximate surface area is 103 Å². The summed E-state index contributed by atoms with van der Waals surface area (Å²) in [6.07, 6.45) is 1.03. The molecule has 0 fully saturated rings.